The molecular formula is C17H21N3O2S. The number of rotatable bonds is 1. The molecule has 2 aromatic rings. The van der Waals surface area contributed by atoms with E-state index in [9.17, 15) is 9.59 Å². The van der Waals surface area contributed by atoms with Crippen LogP contribution in [0.15, 0.2) is 11.0 Å². The largest absolute Gasteiger partial charge is 0.338 e. The fraction of sp³-hybridized carbons (Fsp3) is 0.588. The predicted molar refractivity (Wildman–Crippen MR) is 90.3 cm³/mol. The monoisotopic (exact) mass is 331 g/mol. The van der Waals surface area contributed by atoms with E-state index >= 15 is 0 Å². The first-order valence-electron chi connectivity index (χ1n) is 8.46. The fourth-order valence-corrected chi connectivity index (χ4v) is 4.76. The van der Waals surface area contributed by atoms with E-state index in [1.807, 2.05) is 4.90 Å². The van der Waals surface area contributed by atoms with Gasteiger partial charge in [-0.3, -0.25) is 14.0 Å². The molecule has 0 N–H and O–H groups in total. The van der Waals surface area contributed by atoms with E-state index < -0.39 is 0 Å². The summed E-state index contributed by atoms with van der Waals surface area (Å²) in [5.41, 5.74) is 1.12. The van der Waals surface area contributed by atoms with Gasteiger partial charge in [0.1, 0.15) is 5.56 Å². The van der Waals surface area contributed by atoms with Crippen LogP contribution in [0.1, 0.15) is 53.5 Å². The van der Waals surface area contributed by atoms with E-state index in [4.69, 9.17) is 0 Å². The second-order valence-corrected chi connectivity index (χ2v) is 7.81. The third kappa shape index (κ3) is 2.49. The average molecular weight is 331 g/mol. The van der Waals surface area contributed by atoms with Crippen LogP contribution in [-0.4, -0.2) is 33.3 Å². The van der Waals surface area contributed by atoms with E-state index in [-0.39, 0.29) is 17.0 Å². The van der Waals surface area contributed by atoms with E-state index in [0.717, 1.165) is 55.8 Å². The Labute approximate surface area is 139 Å². The van der Waals surface area contributed by atoms with Gasteiger partial charge in [0.2, 0.25) is 0 Å². The lowest BCUT2D eigenvalue weighted by Crippen LogP contribution is -2.40. The molecule has 3 heterocycles. The Kier molecular flexibility index (Phi) is 3.71. The number of nitrogens with zero attached hydrogens (tertiary/aromatic N) is 3. The molecule has 0 radical (unpaired) electrons. The topological polar surface area (TPSA) is 54.7 Å². The molecule has 1 amide bonds. The molecule has 0 aromatic carbocycles. The molecule has 2 aliphatic rings. The highest BCUT2D eigenvalue weighted by Crippen LogP contribution is 2.28. The van der Waals surface area contributed by atoms with Crippen LogP contribution in [0.25, 0.3) is 4.96 Å². The summed E-state index contributed by atoms with van der Waals surface area (Å²) in [6, 6.07) is 0. The standard InChI is InChI=1S/C17H21N3O2S/c1-11-6-8-19(9-7-11)15(21)12-10-18-17-20(16(12)22)13-4-2-3-5-14(13)23-17/h10-11H,2-9H2,1H3. The first-order chi connectivity index (χ1) is 11.1. The highest BCUT2D eigenvalue weighted by molar-refractivity contribution is 7.17. The minimum Gasteiger partial charge on any atom is -0.338 e. The molecule has 6 heteroatoms. The lowest BCUT2D eigenvalue weighted by molar-refractivity contribution is 0.0695. The van der Waals surface area contributed by atoms with Crippen molar-refractivity contribution < 1.29 is 4.79 Å². The molecule has 122 valence electrons. The second kappa shape index (κ2) is 5.74. The summed E-state index contributed by atoms with van der Waals surface area (Å²) in [5, 5.41) is 0. The highest BCUT2D eigenvalue weighted by Gasteiger charge is 2.26. The zero-order chi connectivity index (χ0) is 16.0. The van der Waals surface area contributed by atoms with E-state index in [1.165, 1.54) is 17.5 Å². The molecule has 1 saturated heterocycles. The molecule has 0 bridgehead atoms. The number of hydrogen-bond acceptors (Lipinski definition) is 4. The number of likely N-dealkylation sites (tertiary alicyclic amines) is 1. The van der Waals surface area contributed by atoms with Crippen molar-refractivity contribution in [1.29, 1.82) is 0 Å². The Balaban J connectivity index is 1.74. The van der Waals surface area contributed by atoms with Crippen LogP contribution >= 0.6 is 11.3 Å². The molecule has 0 saturated carbocycles. The van der Waals surface area contributed by atoms with Gasteiger partial charge in [0.05, 0.1) is 0 Å². The molecule has 1 aliphatic carbocycles. The van der Waals surface area contributed by atoms with E-state index in [2.05, 4.69) is 11.9 Å². The van der Waals surface area contributed by atoms with Crippen molar-refractivity contribution in [3.05, 3.63) is 32.7 Å². The molecule has 0 unspecified atom stereocenters. The smallest absolute Gasteiger partial charge is 0.271 e. The van der Waals surface area contributed by atoms with Crippen molar-refractivity contribution in [3.8, 4) is 0 Å². The molecule has 5 nitrogen and oxygen atoms in total. The SMILES string of the molecule is CC1CCN(C(=O)c2cnc3sc4c(n3c2=O)CCCC4)CC1. The number of amides is 1. The van der Waals surface area contributed by atoms with Crippen molar-refractivity contribution in [2.75, 3.05) is 13.1 Å². The lowest BCUT2D eigenvalue weighted by atomic mass is 9.99. The molecule has 0 atom stereocenters. The molecule has 2 aromatic heterocycles. The molecule has 23 heavy (non-hydrogen) atoms. The second-order valence-electron chi connectivity index (χ2n) is 6.75. The summed E-state index contributed by atoms with van der Waals surface area (Å²) in [7, 11) is 0. The number of aryl methyl sites for hydroxylation is 2. The lowest BCUT2D eigenvalue weighted by Gasteiger charge is -2.30. The minimum atomic E-state index is -0.182. The van der Waals surface area contributed by atoms with Crippen molar-refractivity contribution in [3.63, 3.8) is 0 Å². The summed E-state index contributed by atoms with van der Waals surface area (Å²) in [4.78, 5) is 33.8. The molecule has 4 rings (SSSR count). The molecule has 1 aliphatic heterocycles. The Bertz CT molecular complexity index is 815. The summed E-state index contributed by atoms with van der Waals surface area (Å²) in [6.07, 6.45) is 7.72. The van der Waals surface area contributed by atoms with Gasteiger partial charge in [-0.25, -0.2) is 4.98 Å². The quantitative estimate of drug-likeness (QED) is 0.807. The third-order valence-electron chi connectivity index (χ3n) is 5.10. The summed E-state index contributed by atoms with van der Waals surface area (Å²) in [6.45, 7) is 3.69. The van der Waals surface area contributed by atoms with Gasteiger partial charge in [0, 0.05) is 29.9 Å². The maximum Gasteiger partial charge on any atom is 0.271 e. The average Bonchev–Trinajstić information content (AvgIpc) is 2.94. The first-order valence-corrected chi connectivity index (χ1v) is 9.28. The van der Waals surface area contributed by atoms with Crippen LogP contribution in [0.3, 0.4) is 0 Å². The van der Waals surface area contributed by atoms with Crippen LogP contribution in [0, 0.1) is 5.92 Å². The Morgan fingerprint density at radius 2 is 2.00 bits per heavy atom. The van der Waals surface area contributed by atoms with Gasteiger partial charge < -0.3 is 4.90 Å². The summed E-state index contributed by atoms with van der Waals surface area (Å²) in [5.74, 6) is 0.504. The highest BCUT2D eigenvalue weighted by atomic mass is 32.1. The predicted octanol–water partition coefficient (Wildman–Crippen LogP) is 2.51. The number of aromatic nitrogens is 2. The van der Waals surface area contributed by atoms with Crippen LogP contribution in [0.4, 0.5) is 0 Å². The van der Waals surface area contributed by atoms with Crippen LogP contribution in [0.2, 0.25) is 0 Å². The van der Waals surface area contributed by atoms with Gasteiger partial charge in [0.15, 0.2) is 4.96 Å². The minimum absolute atomic E-state index is 0.153. The van der Waals surface area contributed by atoms with Gasteiger partial charge >= 0.3 is 0 Å². The third-order valence-corrected chi connectivity index (χ3v) is 6.26. The molecular weight excluding hydrogens is 310 g/mol. The van der Waals surface area contributed by atoms with Crippen molar-refractivity contribution in [2.24, 2.45) is 5.92 Å². The Hall–Kier alpha value is -1.69. The number of carbonyl (C=O) groups is 1. The van der Waals surface area contributed by atoms with E-state index in [0.29, 0.717) is 5.92 Å². The van der Waals surface area contributed by atoms with E-state index in [1.54, 1.807) is 15.7 Å². The van der Waals surface area contributed by atoms with Crippen LogP contribution in [0.5, 0.6) is 0 Å². The Morgan fingerprint density at radius 1 is 1.26 bits per heavy atom. The number of hydrogen-bond donors (Lipinski definition) is 0. The number of carbonyl (C=O) groups excluding carboxylic acids is 1. The normalized spacial score (nSPS) is 19.1. The van der Waals surface area contributed by atoms with Crippen molar-refractivity contribution in [1.82, 2.24) is 14.3 Å². The fourth-order valence-electron chi connectivity index (χ4n) is 3.60. The number of piperidine rings is 1. The zero-order valence-corrected chi connectivity index (χ0v) is 14.2. The first kappa shape index (κ1) is 14.9. The van der Waals surface area contributed by atoms with Crippen LogP contribution < -0.4 is 5.56 Å². The van der Waals surface area contributed by atoms with Gasteiger partial charge in [0.25, 0.3) is 11.5 Å². The summed E-state index contributed by atoms with van der Waals surface area (Å²) < 4.78 is 1.69. The van der Waals surface area contributed by atoms with Gasteiger partial charge in [-0.1, -0.05) is 6.92 Å². The number of thiazole rings is 1. The zero-order valence-electron chi connectivity index (χ0n) is 13.4. The molecule has 1 fully saturated rings. The number of fused-ring (bicyclic) bond motifs is 3. The van der Waals surface area contributed by atoms with Gasteiger partial charge in [-0.05, 0) is 44.4 Å². The Morgan fingerprint density at radius 3 is 2.78 bits per heavy atom. The summed E-state index contributed by atoms with van der Waals surface area (Å²) >= 11 is 1.60. The maximum absolute atomic E-state index is 12.9. The van der Waals surface area contributed by atoms with Gasteiger partial charge in [-0.2, -0.15) is 0 Å². The maximum atomic E-state index is 12.9. The van der Waals surface area contributed by atoms with Crippen molar-refractivity contribution in [2.45, 2.75) is 45.4 Å². The van der Waals surface area contributed by atoms with Crippen LogP contribution in [-0.2, 0) is 12.8 Å². The van der Waals surface area contributed by atoms with Gasteiger partial charge in [-0.15, -0.1) is 11.3 Å². The molecule has 0 spiro atoms. The van der Waals surface area contributed by atoms with Crippen molar-refractivity contribution >= 4 is 22.2 Å².